The normalized spacial score (nSPS) is 12.2. The highest BCUT2D eigenvalue weighted by molar-refractivity contribution is 5.89. The molecule has 0 spiro atoms. The molecule has 0 aliphatic heterocycles. The van der Waals surface area contributed by atoms with Crippen molar-refractivity contribution in [3.8, 4) is 0 Å². The second-order valence-electron chi connectivity index (χ2n) is 4.25. The lowest BCUT2D eigenvalue weighted by molar-refractivity contribution is 0.0438. The molecule has 0 aromatic heterocycles. The lowest BCUT2D eigenvalue weighted by Gasteiger charge is -2.06. The Bertz CT molecular complexity index is 564. The van der Waals surface area contributed by atoms with Gasteiger partial charge in [-0.2, -0.15) is 0 Å². The first-order valence-electron chi connectivity index (χ1n) is 6.35. The van der Waals surface area contributed by atoms with Crippen LogP contribution in [0, 0.1) is 0 Å². The molecule has 2 rings (SSSR count). The Hall–Kier alpha value is -2.42. The van der Waals surface area contributed by atoms with Crippen molar-refractivity contribution >= 4 is 12.0 Å². The monoisotopic (exact) mass is 270 g/mol. The summed E-state index contributed by atoms with van der Waals surface area (Å²) in [6.07, 6.45) is 1.73. The molecule has 0 N–H and O–H groups in total. The van der Waals surface area contributed by atoms with Gasteiger partial charge >= 0.3 is 5.97 Å². The Labute approximate surface area is 117 Å². The van der Waals surface area contributed by atoms with Gasteiger partial charge in [0.2, 0.25) is 0 Å². The predicted octanol–water partition coefficient (Wildman–Crippen LogP) is 3.89. The van der Waals surface area contributed by atoms with E-state index in [1.54, 1.807) is 36.4 Å². The van der Waals surface area contributed by atoms with E-state index in [0.717, 1.165) is 5.56 Å². The maximum absolute atomic E-state index is 13.6. The summed E-state index contributed by atoms with van der Waals surface area (Å²) in [4.78, 5) is 11.6. The van der Waals surface area contributed by atoms with Gasteiger partial charge in [-0.25, -0.2) is 9.18 Å². The van der Waals surface area contributed by atoms with Crippen LogP contribution < -0.4 is 0 Å². The average molecular weight is 270 g/mol. The Balaban J connectivity index is 1.82. The van der Waals surface area contributed by atoms with E-state index in [4.69, 9.17) is 4.74 Å². The van der Waals surface area contributed by atoms with E-state index in [0.29, 0.717) is 5.56 Å². The second kappa shape index (κ2) is 7.24. The second-order valence-corrected chi connectivity index (χ2v) is 4.25. The largest absolute Gasteiger partial charge is 0.459 e. The molecular weight excluding hydrogens is 255 g/mol. The molecule has 1 unspecified atom stereocenters. The fourth-order valence-electron chi connectivity index (χ4n) is 1.65. The smallest absolute Gasteiger partial charge is 0.338 e. The van der Waals surface area contributed by atoms with Crippen LogP contribution in [0.25, 0.3) is 6.08 Å². The SMILES string of the molecule is O=C(OCC(F)/C=C\c1ccccc1)c1ccccc1. The molecule has 0 fully saturated rings. The van der Waals surface area contributed by atoms with Crippen LogP contribution in [0.15, 0.2) is 66.7 Å². The van der Waals surface area contributed by atoms with Crippen LogP contribution in [-0.2, 0) is 4.74 Å². The number of benzene rings is 2. The van der Waals surface area contributed by atoms with Crippen LogP contribution in [0.2, 0.25) is 0 Å². The summed E-state index contributed by atoms with van der Waals surface area (Å²) in [6, 6.07) is 17.9. The summed E-state index contributed by atoms with van der Waals surface area (Å²) in [5, 5.41) is 0. The van der Waals surface area contributed by atoms with E-state index in [9.17, 15) is 9.18 Å². The highest BCUT2D eigenvalue weighted by Gasteiger charge is 2.09. The first kappa shape index (κ1) is 14.0. The maximum atomic E-state index is 13.6. The van der Waals surface area contributed by atoms with Gasteiger partial charge in [0.25, 0.3) is 0 Å². The Morgan fingerprint density at radius 2 is 1.65 bits per heavy atom. The van der Waals surface area contributed by atoms with Crippen molar-refractivity contribution in [1.29, 1.82) is 0 Å². The van der Waals surface area contributed by atoms with E-state index in [1.807, 2.05) is 30.3 Å². The lowest BCUT2D eigenvalue weighted by atomic mass is 10.2. The van der Waals surface area contributed by atoms with Crippen LogP contribution in [0.1, 0.15) is 15.9 Å². The molecule has 0 saturated heterocycles. The average Bonchev–Trinajstić information content (AvgIpc) is 2.52. The van der Waals surface area contributed by atoms with Crippen molar-refractivity contribution in [3.63, 3.8) is 0 Å². The maximum Gasteiger partial charge on any atom is 0.338 e. The first-order chi connectivity index (χ1) is 9.75. The molecule has 0 bridgehead atoms. The number of alkyl halides is 1. The van der Waals surface area contributed by atoms with E-state index in [1.165, 1.54) is 6.08 Å². The number of esters is 1. The van der Waals surface area contributed by atoms with Crippen LogP contribution in [0.4, 0.5) is 4.39 Å². The number of halogens is 1. The minimum atomic E-state index is -1.32. The molecule has 0 aliphatic rings. The zero-order valence-corrected chi connectivity index (χ0v) is 10.9. The van der Waals surface area contributed by atoms with Crippen molar-refractivity contribution in [2.75, 3.05) is 6.61 Å². The third-order valence-corrected chi connectivity index (χ3v) is 2.68. The van der Waals surface area contributed by atoms with Crippen LogP contribution >= 0.6 is 0 Å². The van der Waals surface area contributed by atoms with Gasteiger partial charge in [-0.3, -0.25) is 0 Å². The Kier molecular flexibility index (Phi) is 5.07. The van der Waals surface area contributed by atoms with Crippen LogP contribution in [-0.4, -0.2) is 18.7 Å². The fourth-order valence-corrected chi connectivity index (χ4v) is 1.65. The van der Waals surface area contributed by atoms with Crippen molar-refractivity contribution in [2.45, 2.75) is 6.17 Å². The number of carbonyl (C=O) groups excluding carboxylic acids is 1. The molecule has 20 heavy (non-hydrogen) atoms. The number of ether oxygens (including phenoxy) is 1. The highest BCUT2D eigenvalue weighted by atomic mass is 19.1. The minimum Gasteiger partial charge on any atom is -0.459 e. The molecule has 0 aliphatic carbocycles. The zero-order valence-electron chi connectivity index (χ0n) is 10.9. The summed E-state index contributed by atoms with van der Waals surface area (Å²) in [5.74, 6) is -0.513. The summed E-state index contributed by atoms with van der Waals surface area (Å²) < 4.78 is 18.5. The number of hydrogen-bond donors (Lipinski definition) is 0. The molecule has 102 valence electrons. The zero-order chi connectivity index (χ0) is 14.2. The topological polar surface area (TPSA) is 26.3 Å². The van der Waals surface area contributed by atoms with E-state index < -0.39 is 12.1 Å². The molecule has 1 atom stereocenters. The summed E-state index contributed by atoms with van der Waals surface area (Å²) in [5.41, 5.74) is 1.33. The number of hydrogen-bond acceptors (Lipinski definition) is 2. The summed E-state index contributed by atoms with van der Waals surface area (Å²) >= 11 is 0. The highest BCUT2D eigenvalue weighted by Crippen LogP contribution is 2.06. The lowest BCUT2D eigenvalue weighted by Crippen LogP contribution is -2.13. The number of carbonyl (C=O) groups is 1. The molecule has 0 radical (unpaired) electrons. The van der Waals surface area contributed by atoms with Gasteiger partial charge in [-0.15, -0.1) is 0 Å². The minimum absolute atomic E-state index is 0.281. The third kappa shape index (κ3) is 4.35. The van der Waals surface area contributed by atoms with Gasteiger partial charge in [-0.05, 0) is 23.8 Å². The van der Waals surface area contributed by atoms with Crippen molar-refractivity contribution in [2.24, 2.45) is 0 Å². The molecular formula is C17H15FO2. The first-order valence-corrected chi connectivity index (χ1v) is 6.35. The number of rotatable bonds is 5. The van der Waals surface area contributed by atoms with E-state index >= 15 is 0 Å². The van der Waals surface area contributed by atoms with Gasteiger partial charge in [0.1, 0.15) is 6.61 Å². The molecule has 0 heterocycles. The van der Waals surface area contributed by atoms with Gasteiger partial charge in [0.15, 0.2) is 6.17 Å². The molecule has 0 saturated carbocycles. The van der Waals surface area contributed by atoms with Crippen molar-refractivity contribution in [1.82, 2.24) is 0 Å². The predicted molar refractivity (Wildman–Crippen MR) is 77.1 cm³/mol. The molecule has 2 aromatic rings. The standard InChI is InChI=1S/C17H15FO2/c18-16(12-11-14-7-3-1-4-8-14)13-20-17(19)15-9-5-2-6-10-15/h1-12,16H,13H2/b12-11-. The molecule has 2 nitrogen and oxygen atoms in total. The Morgan fingerprint density at radius 1 is 1.05 bits per heavy atom. The molecule has 3 heteroatoms. The summed E-state index contributed by atoms with van der Waals surface area (Å²) in [7, 11) is 0. The van der Waals surface area contributed by atoms with Gasteiger partial charge in [-0.1, -0.05) is 54.6 Å². The van der Waals surface area contributed by atoms with E-state index in [2.05, 4.69) is 0 Å². The molecule has 0 amide bonds. The van der Waals surface area contributed by atoms with Gasteiger partial charge in [0.05, 0.1) is 5.56 Å². The van der Waals surface area contributed by atoms with Crippen LogP contribution in [0.3, 0.4) is 0 Å². The van der Waals surface area contributed by atoms with Gasteiger partial charge in [0, 0.05) is 0 Å². The van der Waals surface area contributed by atoms with Crippen molar-refractivity contribution in [3.05, 3.63) is 77.9 Å². The Morgan fingerprint density at radius 3 is 2.30 bits per heavy atom. The quantitative estimate of drug-likeness (QED) is 0.770. The fraction of sp³-hybridized carbons (Fsp3) is 0.118. The third-order valence-electron chi connectivity index (χ3n) is 2.68. The van der Waals surface area contributed by atoms with Gasteiger partial charge < -0.3 is 4.74 Å². The van der Waals surface area contributed by atoms with Crippen LogP contribution in [0.5, 0.6) is 0 Å². The molecule has 2 aromatic carbocycles. The van der Waals surface area contributed by atoms with Crippen molar-refractivity contribution < 1.29 is 13.9 Å². The van der Waals surface area contributed by atoms with E-state index in [-0.39, 0.29) is 6.61 Å². The summed E-state index contributed by atoms with van der Waals surface area (Å²) in [6.45, 7) is -0.281.